The summed E-state index contributed by atoms with van der Waals surface area (Å²) in [6, 6.07) is 12.9. The van der Waals surface area contributed by atoms with Crippen LogP contribution in [0.4, 0.5) is 10.5 Å². The quantitative estimate of drug-likeness (QED) is 0.509. The average Bonchev–Trinajstić information content (AvgIpc) is 3.32. The number of hydrogen-bond donors (Lipinski definition) is 2. The first-order valence-corrected chi connectivity index (χ1v) is 10.5. The van der Waals surface area contributed by atoms with Gasteiger partial charge in [-0.05, 0) is 43.7 Å². The zero-order valence-corrected chi connectivity index (χ0v) is 19.0. The number of hydrazine groups is 3. The molecule has 10 nitrogen and oxygen atoms in total. The van der Waals surface area contributed by atoms with Crippen LogP contribution < -0.4 is 25.6 Å². The second-order valence-corrected chi connectivity index (χ2v) is 7.54. The van der Waals surface area contributed by atoms with E-state index in [1.54, 1.807) is 18.8 Å². The van der Waals surface area contributed by atoms with Crippen molar-refractivity contribution in [2.24, 2.45) is 7.05 Å². The molecule has 33 heavy (non-hydrogen) atoms. The van der Waals surface area contributed by atoms with Gasteiger partial charge in [-0.25, -0.2) is 19.5 Å². The van der Waals surface area contributed by atoms with Crippen LogP contribution in [0.1, 0.15) is 28.4 Å². The van der Waals surface area contributed by atoms with Crippen molar-refractivity contribution < 1.29 is 19.1 Å². The maximum Gasteiger partial charge on any atom is 0.355 e. The molecule has 3 aromatic rings. The number of carbonyl (C=O) groups is 2. The molecule has 0 bridgehead atoms. The predicted octanol–water partition coefficient (Wildman–Crippen LogP) is 2.98. The Labute approximate surface area is 191 Å². The molecule has 1 aliphatic rings. The second kappa shape index (κ2) is 9.31. The van der Waals surface area contributed by atoms with E-state index in [1.165, 1.54) is 10.0 Å². The SMILES string of the molecule is CCOc1c(C=O)c(-c2ccc(OCc3ccccc3N3NNN(C)C3=O)c(C)c2)nn1C. The molecule has 2 heterocycles. The van der Waals surface area contributed by atoms with E-state index in [0.29, 0.717) is 35.2 Å². The second-order valence-electron chi connectivity index (χ2n) is 7.54. The highest BCUT2D eigenvalue weighted by molar-refractivity contribution is 5.92. The zero-order valence-electron chi connectivity index (χ0n) is 19.0. The number of urea groups is 1. The summed E-state index contributed by atoms with van der Waals surface area (Å²) < 4.78 is 13.2. The fourth-order valence-electron chi connectivity index (χ4n) is 3.65. The summed E-state index contributed by atoms with van der Waals surface area (Å²) in [7, 11) is 3.38. The molecule has 1 aliphatic heterocycles. The van der Waals surface area contributed by atoms with Gasteiger partial charge in [0.15, 0.2) is 6.29 Å². The molecule has 10 heteroatoms. The minimum Gasteiger partial charge on any atom is -0.489 e. The summed E-state index contributed by atoms with van der Waals surface area (Å²) in [4.78, 5) is 24.0. The lowest BCUT2D eigenvalue weighted by Gasteiger charge is -2.18. The molecule has 0 unspecified atom stereocenters. The van der Waals surface area contributed by atoms with Crippen molar-refractivity contribution in [3.8, 4) is 22.9 Å². The van der Waals surface area contributed by atoms with E-state index in [0.717, 1.165) is 23.0 Å². The van der Waals surface area contributed by atoms with Crippen LogP contribution in [0, 0.1) is 6.92 Å². The number of ether oxygens (including phenoxy) is 2. The number of benzene rings is 2. The van der Waals surface area contributed by atoms with Gasteiger partial charge in [-0.2, -0.15) is 5.10 Å². The van der Waals surface area contributed by atoms with E-state index in [1.807, 2.05) is 56.3 Å². The van der Waals surface area contributed by atoms with E-state index >= 15 is 0 Å². The number of carbonyl (C=O) groups excluding carboxylic acids is 2. The highest BCUT2D eigenvalue weighted by Gasteiger charge is 2.28. The van der Waals surface area contributed by atoms with Crippen LogP contribution in [-0.4, -0.2) is 40.8 Å². The van der Waals surface area contributed by atoms with Crippen LogP contribution in [0.5, 0.6) is 11.6 Å². The first-order chi connectivity index (χ1) is 15.9. The summed E-state index contributed by atoms with van der Waals surface area (Å²) >= 11 is 0. The Bertz CT molecular complexity index is 1190. The van der Waals surface area contributed by atoms with Crippen LogP contribution in [-0.2, 0) is 13.7 Å². The third-order valence-corrected chi connectivity index (χ3v) is 5.30. The zero-order chi connectivity index (χ0) is 23.5. The molecule has 0 atom stereocenters. The number of para-hydroxylation sites is 1. The van der Waals surface area contributed by atoms with Gasteiger partial charge in [0.05, 0.1) is 12.3 Å². The van der Waals surface area contributed by atoms with Gasteiger partial charge in [-0.15, -0.1) is 11.1 Å². The van der Waals surface area contributed by atoms with Gasteiger partial charge in [0.1, 0.15) is 23.6 Å². The first kappa shape index (κ1) is 22.3. The fraction of sp³-hybridized carbons (Fsp3) is 0.261. The third kappa shape index (κ3) is 4.26. The lowest BCUT2D eigenvalue weighted by molar-refractivity contribution is 0.111. The third-order valence-electron chi connectivity index (χ3n) is 5.30. The summed E-state index contributed by atoms with van der Waals surface area (Å²) in [6.07, 6.45) is 0.768. The molecule has 1 aromatic heterocycles. The molecular weight excluding hydrogens is 424 g/mol. The maximum absolute atomic E-state index is 12.3. The minimum atomic E-state index is -0.226. The summed E-state index contributed by atoms with van der Waals surface area (Å²) in [5, 5.41) is 7.24. The van der Waals surface area contributed by atoms with Crippen molar-refractivity contribution in [3.63, 3.8) is 0 Å². The molecule has 0 radical (unpaired) electrons. The minimum absolute atomic E-state index is 0.226. The lowest BCUT2D eigenvalue weighted by atomic mass is 10.1. The van der Waals surface area contributed by atoms with Gasteiger partial charge in [0, 0.05) is 25.2 Å². The Morgan fingerprint density at radius 1 is 1.09 bits per heavy atom. The van der Waals surface area contributed by atoms with E-state index in [-0.39, 0.29) is 12.6 Å². The number of aryl methyl sites for hydroxylation is 2. The van der Waals surface area contributed by atoms with Crippen molar-refractivity contribution >= 4 is 18.0 Å². The number of hydrogen-bond acceptors (Lipinski definition) is 7. The maximum atomic E-state index is 12.3. The molecule has 0 aliphatic carbocycles. The normalized spacial score (nSPS) is 13.5. The summed E-state index contributed by atoms with van der Waals surface area (Å²) in [5.74, 6) is 1.14. The van der Waals surface area contributed by atoms with Crippen LogP contribution in [0.3, 0.4) is 0 Å². The number of aldehydes is 1. The van der Waals surface area contributed by atoms with Gasteiger partial charge >= 0.3 is 6.03 Å². The Balaban J connectivity index is 1.55. The van der Waals surface area contributed by atoms with Crippen LogP contribution in [0.15, 0.2) is 42.5 Å². The fourth-order valence-corrected chi connectivity index (χ4v) is 3.65. The van der Waals surface area contributed by atoms with E-state index in [4.69, 9.17) is 9.47 Å². The number of amides is 2. The Morgan fingerprint density at radius 2 is 1.88 bits per heavy atom. The monoisotopic (exact) mass is 450 g/mol. The Hall–Kier alpha value is -3.89. The van der Waals surface area contributed by atoms with Gasteiger partial charge in [0.2, 0.25) is 5.88 Å². The number of anilines is 1. The molecule has 0 saturated carbocycles. The number of nitrogens with one attached hydrogen (secondary N) is 2. The van der Waals surface area contributed by atoms with Gasteiger partial charge in [0.25, 0.3) is 0 Å². The molecule has 4 rings (SSSR count). The van der Waals surface area contributed by atoms with Crippen LogP contribution in [0.25, 0.3) is 11.3 Å². The van der Waals surface area contributed by atoms with Gasteiger partial charge in [-0.1, -0.05) is 18.2 Å². The number of aromatic nitrogens is 2. The summed E-state index contributed by atoms with van der Waals surface area (Å²) in [6.45, 7) is 4.50. The first-order valence-electron chi connectivity index (χ1n) is 10.5. The van der Waals surface area contributed by atoms with E-state index in [9.17, 15) is 9.59 Å². The van der Waals surface area contributed by atoms with Crippen LogP contribution in [0.2, 0.25) is 0 Å². The molecule has 1 saturated heterocycles. The standard InChI is InChI=1S/C23H26N6O4/c1-5-32-22-18(13-30)21(24-27(22)3)16-10-11-20(15(2)12-16)33-14-17-8-6-7-9-19(17)29-23(31)28(4)25-26-29/h6-13,25-26H,5,14H2,1-4H3. The molecule has 2 aromatic carbocycles. The van der Waals surface area contributed by atoms with Crippen molar-refractivity contribution in [1.29, 1.82) is 0 Å². The highest BCUT2D eigenvalue weighted by atomic mass is 16.5. The van der Waals surface area contributed by atoms with Crippen molar-refractivity contribution in [1.82, 2.24) is 25.9 Å². The van der Waals surface area contributed by atoms with Crippen molar-refractivity contribution in [2.75, 3.05) is 18.7 Å². The molecule has 2 amide bonds. The lowest BCUT2D eigenvalue weighted by Crippen LogP contribution is -2.38. The Morgan fingerprint density at radius 3 is 2.55 bits per heavy atom. The molecule has 0 spiro atoms. The summed E-state index contributed by atoms with van der Waals surface area (Å²) in [5.41, 5.74) is 9.79. The average molecular weight is 450 g/mol. The smallest absolute Gasteiger partial charge is 0.355 e. The van der Waals surface area contributed by atoms with E-state index < -0.39 is 0 Å². The topological polar surface area (TPSA) is 101 Å². The number of nitrogens with zero attached hydrogens (tertiary/aromatic N) is 4. The molecular formula is C23H26N6O4. The van der Waals surface area contributed by atoms with Crippen molar-refractivity contribution in [2.45, 2.75) is 20.5 Å². The van der Waals surface area contributed by atoms with Gasteiger partial charge in [-0.3, -0.25) is 4.79 Å². The van der Waals surface area contributed by atoms with Crippen LogP contribution >= 0.6 is 0 Å². The van der Waals surface area contributed by atoms with E-state index in [2.05, 4.69) is 16.2 Å². The highest BCUT2D eigenvalue weighted by Crippen LogP contribution is 2.32. The molecule has 172 valence electrons. The van der Waals surface area contributed by atoms with Gasteiger partial charge < -0.3 is 9.47 Å². The molecule has 2 N–H and O–H groups in total. The molecule has 1 fully saturated rings. The largest absolute Gasteiger partial charge is 0.489 e. The Kier molecular flexibility index (Phi) is 6.29. The van der Waals surface area contributed by atoms with Crippen molar-refractivity contribution in [3.05, 3.63) is 59.2 Å². The predicted molar refractivity (Wildman–Crippen MR) is 123 cm³/mol. The number of rotatable bonds is 8.